The van der Waals surface area contributed by atoms with Gasteiger partial charge in [0.05, 0.1) is 11.3 Å². The standard InChI is InChI=1S/C24H21FN2O2S/c1-24(2,3)15-9-11-17(12-10-15)26-21-20(19-8-5-13-30-19)22(28)27(23(21)29)18-7-4-6-16(25)14-18/h4-14,26H,1-3H3. The molecule has 30 heavy (non-hydrogen) atoms. The van der Waals surface area contributed by atoms with Gasteiger partial charge in [0.25, 0.3) is 11.8 Å². The lowest BCUT2D eigenvalue weighted by Gasteiger charge is -2.19. The number of imide groups is 1. The van der Waals surface area contributed by atoms with E-state index in [4.69, 9.17) is 0 Å². The zero-order valence-corrected chi connectivity index (χ0v) is 17.7. The van der Waals surface area contributed by atoms with Crippen LogP contribution in [0.3, 0.4) is 0 Å². The van der Waals surface area contributed by atoms with Crippen LogP contribution in [-0.2, 0) is 15.0 Å². The quantitative estimate of drug-likeness (QED) is 0.561. The first-order valence-corrected chi connectivity index (χ1v) is 10.4. The monoisotopic (exact) mass is 420 g/mol. The maximum Gasteiger partial charge on any atom is 0.282 e. The number of hydrogen-bond acceptors (Lipinski definition) is 4. The Balaban J connectivity index is 1.74. The van der Waals surface area contributed by atoms with Crippen LogP contribution in [0.15, 0.2) is 71.7 Å². The molecule has 0 atom stereocenters. The van der Waals surface area contributed by atoms with Crippen molar-refractivity contribution in [3.63, 3.8) is 0 Å². The van der Waals surface area contributed by atoms with Crippen molar-refractivity contribution in [2.24, 2.45) is 0 Å². The van der Waals surface area contributed by atoms with Gasteiger partial charge in [0, 0.05) is 10.6 Å². The van der Waals surface area contributed by atoms with Gasteiger partial charge in [0.2, 0.25) is 0 Å². The molecule has 3 aromatic rings. The third kappa shape index (κ3) is 3.66. The number of nitrogens with zero attached hydrogens (tertiary/aromatic N) is 1. The molecule has 0 radical (unpaired) electrons. The molecule has 152 valence electrons. The second-order valence-corrected chi connectivity index (χ2v) is 9.05. The average Bonchev–Trinajstić information content (AvgIpc) is 3.29. The highest BCUT2D eigenvalue weighted by Gasteiger charge is 2.40. The van der Waals surface area contributed by atoms with Crippen LogP contribution in [0, 0.1) is 5.82 Å². The Morgan fingerprint density at radius 2 is 1.67 bits per heavy atom. The molecule has 0 spiro atoms. The van der Waals surface area contributed by atoms with Crippen LogP contribution < -0.4 is 10.2 Å². The Morgan fingerprint density at radius 3 is 2.27 bits per heavy atom. The molecule has 1 N–H and O–H groups in total. The van der Waals surface area contributed by atoms with Crippen LogP contribution in [0.4, 0.5) is 15.8 Å². The van der Waals surface area contributed by atoms with Crippen molar-refractivity contribution in [2.45, 2.75) is 26.2 Å². The summed E-state index contributed by atoms with van der Waals surface area (Å²) in [7, 11) is 0. The first-order chi connectivity index (χ1) is 14.3. The van der Waals surface area contributed by atoms with E-state index in [2.05, 4.69) is 26.1 Å². The first kappa shape index (κ1) is 20.0. The number of anilines is 2. The molecule has 4 nitrogen and oxygen atoms in total. The van der Waals surface area contributed by atoms with Crippen molar-refractivity contribution < 1.29 is 14.0 Å². The first-order valence-electron chi connectivity index (χ1n) is 9.56. The Bertz CT molecular complexity index is 1140. The van der Waals surface area contributed by atoms with Gasteiger partial charge in [-0.05, 0) is 52.8 Å². The van der Waals surface area contributed by atoms with Crippen molar-refractivity contribution >= 4 is 40.1 Å². The molecule has 2 heterocycles. The second kappa shape index (κ2) is 7.54. The Kier molecular flexibility index (Phi) is 5.03. The van der Waals surface area contributed by atoms with E-state index in [9.17, 15) is 14.0 Å². The Morgan fingerprint density at radius 1 is 0.933 bits per heavy atom. The molecule has 0 saturated carbocycles. The number of carbonyl (C=O) groups excluding carboxylic acids is 2. The molecule has 0 saturated heterocycles. The van der Waals surface area contributed by atoms with Crippen molar-refractivity contribution in [2.75, 3.05) is 10.2 Å². The number of thiophene rings is 1. The fourth-order valence-corrected chi connectivity index (χ4v) is 4.11. The van der Waals surface area contributed by atoms with Gasteiger partial charge in [-0.15, -0.1) is 11.3 Å². The summed E-state index contributed by atoms with van der Waals surface area (Å²) in [6.07, 6.45) is 0. The molecule has 0 aliphatic carbocycles. The predicted molar refractivity (Wildman–Crippen MR) is 119 cm³/mol. The van der Waals surface area contributed by atoms with Gasteiger partial charge in [-0.25, -0.2) is 9.29 Å². The van der Waals surface area contributed by atoms with Crippen LogP contribution in [-0.4, -0.2) is 11.8 Å². The number of benzene rings is 2. The molecule has 2 amide bonds. The van der Waals surface area contributed by atoms with Crippen LogP contribution >= 0.6 is 11.3 Å². The Hall–Kier alpha value is -3.25. The maximum atomic E-state index is 13.7. The molecule has 2 aromatic carbocycles. The van der Waals surface area contributed by atoms with E-state index < -0.39 is 17.6 Å². The zero-order valence-electron chi connectivity index (χ0n) is 16.9. The second-order valence-electron chi connectivity index (χ2n) is 8.11. The van der Waals surface area contributed by atoms with Crippen molar-refractivity contribution in [1.29, 1.82) is 0 Å². The molecular formula is C24H21FN2O2S. The summed E-state index contributed by atoms with van der Waals surface area (Å²) in [5.41, 5.74) is 2.56. The van der Waals surface area contributed by atoms with E-state index in [-0.39, 0.29) is 16.8 Å². The number of nitrogens with one attached hydrogen (secondary N) is 1. The van der Waals surface area contributed by atoms with Gasteiger partial charge in [0.15, 0.2) is 0 Å². The van der Waals surface area contributed by atoms with Gasteiger partial charge >= 0.3 is 0 Å². The maximum absolute atomic E-state index is 13.7. The smallest absolute Gasteiger partial charge is 0.282 e. The number of amides is 2. The molecule has 6 heteroatoms. The molecule has 1 aromatic heterocycles. The lowest BCUT2D eigenvalue weighted by atomic mass is 9.87. The third-order valence-corrected chi connectivity index (χ3v) is 5.83. The third-order valence-electron chi connectivity index (χ3n) is 4.94. The van der Waals surface area contributed by atoms with Crippen LogP contribution in [0.25, 0.3) is 5.57 Å². The molecule has 1 aliphatic rings. The fourth-order valence-electron chi connectivity index (χ4n) is 3.34. The van der Waals surface area contributed by atoms with E-state index in [1.165, 1.54) is 29.5 Å². The highest BCUT2D eigenvalue weighted by molar-refractivity contribution is 7.11. The predicted octanol–water partition coefficient (Wildman–Crippen LogP) is 5.58. The van der Waals surface area contributed by atoms with Gasteiger partial charge in [-0.1, -0.05) is 45.0 Å². The van der Waals surface area contributed by atoms with Gasteiger partial charge in [-0.2, -0.15) is 0 Å². The molecular weight excluding hydrogens is 399 g/mol. The molecule has 0 fully saturated rings. The zero-order chi connectivity index (χ0) is 21.5. The summed E-state index contributed by atoms with van der Waals surface area (Å²) >= 11 is 1.37. The largest absolute Gasteiger partial charge is 0.350 e. The minimum atomic E-state index is -0.509. The molecule has 1 aliphatic heterocycles. The minimum Gasteiger partial charge on any atom is -0.350 e. The van der Waals surface area contributed by atoms with Gasteiger partial charge in [0.1, 0.15) is 11.5 Å². The summed E-state index contributed by atoms with van der Waals surface area (Å²) in [4.78, 5) is 28.1. The summed E-state index contributed by atoms with van der Waals surface area (Å²) in [5, 5.41) is 4.98. The lowest BCUT2D eigenvalue weighted by molar-refractivity contribution is -0.120. The highest BCUT2D eigenvalue weighted by atomic mass is 32.1. The number of carbonyl (C=O) groups is 2. The molecule has 0 bridgehead atoms. The summed E-state index contributed by atoms with van der Waals surface area (Å²) in [6.45, 7) is 6.38. The van der Waals surface area contributed by atoms with Crippen molar-refractivity contribution in [3.8, 4) is 0 Å². The van der Waals surface area contributed by atoms with Crippen molar-refractivity contribution in [3.05, 3.63) is 88.0 Å². The average molecular weight is 421 g/mol. The van der Waals surface area contributed by atoms with E-state index in [1.54, 1.807) is 12.1 Å². The number of hydrogen-bond donors (Lipinski definition) is 1. The van der Waals surface area contributed by atoms with Crippen LogP contribution in [0.1, 0.15) is 31.2 Å². The number of halogens is 1. The lowest BCUT2D eigenvalue weighted by Crippen LogP contribution is -2.32. The fraction of sp³-hybridized carbons (Fsp3) is 0.167. The van der Waals surface area contributed by atoms with Gasteiger partial charge in [-0.3, -0.25) is 9.59 Å². The van der Waals surface area contributed by atoms with E-state index in [1.807, 2.05) is 35.7 Å². The van der Waals surface area contributed by atoms with E-state index >= 15 is 0 Å². The highest BCUT2D eigenvalue weighted by Crippen LogP contribution is 2.36. The normalized spacial score (nSPS) is 14.6. The topological polar surface area (TPSA) is 49.4 Å². The van der Waals surface area contributed by atoms with Gasteiger partial charge < -0.3 is 5.32 Å². The molecule has 4 rings (SSSR count). The SMILES string of the molecule is CC(C)(C)c1ccc(NC2=C(c3cccs3)C(=O)N(c3cccc(F)c3)C2=O)cc1. The van der Waals surface area contributed by atoms with E-state index in [0.717, 1.165) is 10.5 Å². The summed E-state index contributed by atoms with van der Waals surface area (Å²) in [5.74, 6) is -1.49. The Labute approximate surface area is 178 Å². The van der Waals surface area contributed by atoms with Crippen LogP contribution in [0.2, 0.25) is 0 Å². The van der Waals surface area contributed by atoms with Crippen molar-refractivity contribution in [1.82, 2.24) is 0 Å². The van der Waals surface area contributed by atoms with E-state index in [0.29, 0.717) is 16.1 Å². The molecule has 0 unspecified atom stereocenters. The summed E-state index contributed by atoms with van der Waals surface area (Å²) < 4.78 is 13.7. The van der Waals surface area contributed by atoms with Crippen LogP contribution in [0.5, 0.6) is 0 Å². The number of rotatable bonds is 4. The minimum absolute atomic E-state index is 0.00719. The summed E-state index contributed by atoms with van der Waals surface area (Å²) in [6, 6.07) is 16.9.